The predicted octanol–water partition coefficient (Wildman–Crippen LogP) is 3.75. The topological polar surface area (TPSA) is 63.0 Å². The monoisotopic (exact) mass is 429 g/mol. The van der Waals surface area contributed by atoms with Crippen molar-refractivity contribution >= 4 is 5.78 Å². The quantitative estimate of drug-likeness (QED) is 0.397. The molecule has 4 rings (SSSR count). The van der Waals surface area contributed by atoms with Crippen LogP contribution in [0.5, 0.6) is 0 Å². The van der Waals surface area contributed by atoms with E-state index in [2.05, 4.69) is 25.2 Å². The van der Waals surface area contributed by atoms with Crippen molar-refractivity contribution in [1.29, 1.82) is 0 Å². The zero-order valence-electron chi connectivity index (χ0n) is 18.9. The molecule has 1 saturated carbocycles. The Hall–Kier alpha value is -1.27. The standard InChI is InChI=1S/C26H39NO4/c1-19-15-16-23(28)26(31-24-14-8-9-17-30-24)25(20-10-4-2-5-11-20)22(19)18-27(29)21-12-6-3-7-13-21/h3-4,6-7,10,12,19-22,24-27H,2,5,8-9,11,13-18H2,1H3/t19-,20?,21?,22?,24?,25-,26-/m1/s1. The summed E-state index contributed by atoms with van der Waals surface area (Å²) in [7, 11) is 0. The van der Waals surface area contributed by atoms with Crippen molar-refractivity contribution in [2.24, 2.45) is 23.7 Å². The third-order valence-corrected chi connectivity index (χ3v) is 7.79. The van der Waals surface area contributed by atoms with Crippen LogP contribution in [0.2, 0.25) is 0 Å². The second-order valence-electron chi connectivity index (χ2n) is 9.92. The maximum atomic E-state index is 13.3. The normalized spacial score (nSPS) is 39.9. The van der Waals surface area contributed by atoms with E-state index in [4.69, 9.17) is 9.47 Å². The van der Waals surface area contributed by atoms with Gasteiger partial charge in [0.15, 0.2) is 12.1 Å². The van der Waals surface area contributed by atoms with Gasteiger partial charge in [-0.05, 0) is 62.9 Å². The van der Waals surface area contributed by atoms with Gasteiger partial charge < -0.3 is 19.7 Å². The molecule has 1 saturated heterocycles. The largest absolute Gasteiger partial charge is 0.634 e. The first-order valence-electron chi connectivity index (χ1n) is 12.5. The van der Waals surface area contributed by atoms with Gasteiger partial charge in [-0.1, -0.05) is 37.3 Å². The molecule has 5 unspecified atom stereocenters. The van der Waals surface area contributed by atoms with Gasteiger partial charge in [-0.25, -0.2) is 0 Å². The van der Waals surface area contributed by atoms with E-state index in [9.17, 15) is 10.0 Å². The maximum Gasteiger partial charge on any atom is 0.162 e. The Morgan fingerprint density at radius 2 is 2.03 bits per heavy atom. The van der Waals surface area contributed by atoms with Crippen LogP contribution in [-0.4, -0.2) is 37.4 Å². The van der Waals surface area contributed by atoms with Crippen LogP contribution in [0, 0.1) is 28.9 Å². The molecule has 0 aromatic heterocycles. The second kappa shape index (κ2) is 11.0. The molecule has 0 amide bonds. The number of hydrogen-bond acceptors (Lipinski definition) is 4. The van der Waals surface area contributed by atoms with Crippen molar-refractivity contribution in [3.8, 4) is 0 Å². The van der Waals surface area contributed by atoms with Gasteiger partial charge in [0.25, 0.3) is 0 Å². The maximum absolute atomic E-state index is 13.3. The third kappa shape index (κ3) is 5.75. The number of Topliss-reactive ketones (excluding diaryl/α,β-unsaturated/α-hetero) is 1. The summed E-state index contributed by atoms with van der Waals surface area (Å²) in [6.45, 7) is 3.48. The minimum atomic E-state index is -0.458. The highest BCUT2D eigenvalue weighted by molar-refractivity contribution is 5.83. The SMILES string of the molecule is C[C@@H]1CCC(=O)[C@@H](OC2CCCCO2)[C@H](C2C=CCCC2)C1C[NH+]([O-])C1C=CC=CC1. The Balaban J connectivity index is 1.59. The molecule has 172 valence electrons. The fraction of sp³-hybridized carbons (Fsp3) is 0.731. The van der Waals surface area contributed by atoms with Crippen molar-refractivity contribution in [2.75, 3.05) is 13.2 Å². The number of carbonyl (C=O) groups is 1. The minimum Gasteiger partial charge on any atom is -0.634 e. The molecule has 1 heterocycles. The molecule has 0 aromatic rings. The zero-order valence-corrected chi connectivity index (χ0v) is 18.9. The van der Waals surface area contributed by atoms with E-state index in [1.807, 2.05) is 18.2 Å². The van der Waals surface area contributed by atoms with Crippen LogP contribution in [0.1, 0.15) is 64.7 Å². The molecule has 8 atom stereocenters. The molecule has 5 heteroatoms. The summed E-state index contributed by atoms with van der Waals surface area (Å²) in [4.78, 5) is 13.3. The Bertz CT molecular complexity index is 681. The minimum absolute atomic E-state index is 0.0280. The van der Waals surface area contributed by atoms with Crippen molar-refractivity contribution < 1.29 is 19.3 Å². The number of allylic oxidation sites excluding steroid dienone is 4. The van der Waals surface area contributed by atoms with Gasteiger partial charge in [0.05, 0.1) is 6.54 Å². The van der Waals surface area contributed by atoms with E-state index in [1.165, 1.54) is 0 Å². The van der Waals surface area contributed by atoms with E-state index in [-0.39, 0.29) is 30.0 Å². The molecule has 0 aromatic carbocycles. The molecule has 0 spiro atoms. The summed E-state index contributed by atoms with van der Waals surface area (Å²) in [5.41, 5.74) is 0. The first-order valence-corrected chi connectivity index (χ1v) is 12.5. The van der Waals surface area contributed by atoms with Crippen molar-refractivity contribution in [3.63, 3.8) is 0 Å². The van der Waals surface area contributed by atoms with Crippen LogP contribution in [0.3, 0.4) is 0 Å². The number of nitrogens with one attached hydrogen (secondary N) is 1. The number of carbonyl (C=O) groups excluding carboxylic acids is 1. The van der Waals surface area contributed by atoms with Crippen LogP contribution >= 0.6 is 0 Å². The van der Waals surface area contributed by atoms with Gasteiger partial charge in [0, 0.05) is 31.3 Å². The van der Waals surface area contributed by atoms with Gasteiger partial charge in [0.1, 0.15) is 12.1 Å². The molecule has 1 N–H and O–H groups in total. The smallest absolute Gasteiger partial charge is 0.162 e. The first kappa shape index (κ1) is 22.9. The first-order chi connectivity index (χ1) is 15.1. The van der Waals surface area contributed by atoms with Crippen LogP contribution in [-0.2, 0) is 14.3 Å². The summed E-state index contributed by atoms with van der Waals surface area (Å²) < 4.78 is 12.3. The van der Waals surface area contributed by atoms with Gasteiger partial charge >= 0.3 is 0 Å². The van der Waals surface area contributed by atoms with Crippen molar-refractivity contribution in [1.82, 2.24) is 0 Å². The lowest BCUT2D eigenvalue weighted by atomic mass is 9.70. The number of quaternary nitrogens is 1. The number of ketones is 1. The molecule has 0 radical (unpaired) electrons. The lowest BCUT2D eigenvalue weighted by molar-refractivity contribution is -0.872. The molecule has 5 nitrogen and oxygen atoms in total. The Morgan fingerprint density at radius 1 is 1.13 bits per heavy atom. The Morgan fingerprint density at radius 3 is 2.74 bits per heavy atom. The highest BCUT2D eigenvalue weighted by Gasteiger charge is 2.46. The Labute approximate surface area is 187 Å². The van der Waals surface area contributed by atoms with Gasteiger partial charge in [-0.15, -0.1) is 0 Å². The fourth-order valence-corrected chi connectivity index (χ4v) is 5.94. The average molecular weight is 430 g/mol. The molecular formula is C26H39NO4. The van der Waals surface area contributed by atoms with Crippen LogP contribution < -0.4 is 5.06 Å². The molecule has 0 bridgehead atoms. The summed E-state index contributed by atoms with van der Waals surface area (Å²) >= 11 is 0. The summed E-state index contributed by atoms with van der Waals surface area (Å²) in [6, 6.07) is -0.0280. The second-order valence-corrected chi connectivity index (χ2v) is 9.92. The van der Waals surface area contributed by atoms with E-state index in [1.54, 1.807) is 0 Å². The highest BCUT2D eigenvalue weighted by Crippen LogP contribution is 2.41. The highest BCUT2D eigenvalue weighted by atomic mass is 16.7. The predicted molar refractivity (Wildman–Crippen MR) is 121 cm³/mol. The third-order valence-electron chi connectivity index (χ3n) is 7.79. The van der Waals surface area contributed by atoms with E-state index in [0.29, 0.717) is 36.5 Å². The van der Waals surface area contributed by atoms with E-state index >= 15 is 0 Å². The lowest BCUT2D eigenvalue weighted by Gasteiger charge is -2.42. The molecule has 2 fully saturated rings. The molecule has 3 aliphatic carbocycles. The molecular weight excluding hydrogens is 390 g/mol. The van der Waals surface area contributed by atoms with E-state index in [0.717, 1.165) is 51.4 Å². The van der Waals surface area contributed by atoms with Crippen molar-refractivity contribution in [3.05, 3.63) is 41.7 Å². The number of hydroxylamine groups is 2. The summed E-state index contributed by atoms with van der Waals surface area (Å²) in [6.07, 6.45) is 20.4. The summed E-state index contributed by atoms with van der Waals surface area (Å²) in [5, 5.41) is 13.6. The lowest BCUT2D eigenvalue weighted by Crippen LogP contribution is -3.12. The number of ether oxygens (including phenoxy) is 2. The molecule has 4 aliphatic rings. The Kier molecular flexibility index (Phi) is 8.16. The van der Waals surface area contributed by atoms with Crippen LogP contribution in [0.25, 0.3) is 0 Å². The average Bonchev–Trinajstić information content (AvgIpc) is 2.93. The van der Waals surface area contributed by atoms with Crippen molar-refractivity contribution in [2.45, 2.75) is 83.1 Å². The van der Waals surface area contributed by atoms with Gasteiger partial charge in [0.2, 0.25) is 0 Å². The fourth-order valence-electron chi connectivity index (χ4n) is 5.94. The van der Waals surface area contributed by atoms with Gasteiger partial charge in [-0.2, -0.15) is 0 Å². The van der Waals surface area contributed by atoms with E-state index < -0.39 is 6.10 Å². The van der Waals surface area contributed by atoms with Gasteiger partial charge in [-0.3, -0.25) is 4.79 Å². The van der Waals surface area contributed by atoms with Crippen LogP contribution in [0.15, 0.2) is 36.5 Å². The van der Waals surface area contributed by atoms with Crippen LogP contribution in [0.4, 0.5) is 0 Å². The molecule has 31 heavy (non-hydrogen) atoms. The molecule has 1 aliphatic heterocycles. The summed E-state index contributed by atoms with van der Waals surface area (Å²) in [5.74, 6) is 1.06. The number of hydrogen-bond donors (Lipinski definition) is 1. The number of rotatable bonds is 6. The zero-order chi connectivity index (χ0) is 21.6.